The normalized spacial score (nSPS) is 16.2. The summed E-state index contributed by atoms with van der Waals surface area (Å²) in [6.07, 6.45) is 0. The summed E-state index contributed by atoms with van der Waals surface area (Å²) in [6, 6.07) is 17.2. The first-order valence-corrected chi connectivity index (χ1v) is 9.00. The Kier molecular flexibility index (Phi) is 5.68. The van der Waals surface area contributed by atoms with Crippen molar-refractivity contribution in [2.24, 2.45) is 0 Å². The molecule has 1 N–H and O–H groups in total. The van der Waals surface area contributed by atoms with E-state index >= 15 is 0 Å². The molecule has 3 rings (SSSR count). The molecule has 5 heteroatoms. The fourth-order valence-electron chi connectivity index (χ4n) is 3.21. The van der Waals surface area contributed by atoms with Gasteiger partial charge in [0.15, 0.2) is 5.78 Å². The minimum atomic E-state index is -0.194. The molecule has 1 heterocycles. The Labute approximate surface area is 154 Å². The van der Waals surface area contributed by atoms with Crippen LogP contribution >= 0.6 is 0 Å². The van der Waals surface area contributed by atoms with E-state index in [9.17, 15) is 9.59 Å². The fourth-order valence-corrected chi connectivity index (χ4v) is 3.21. The van der Waals surface area contributed by atoms with Crippen molar-refractivity contribution in [1.82, 2.24) is 4.90 Å². The lowest BCUT2D eigenvalue weighted by molar-refractivity contribution is -0.120. The predicted octanol–water partition coefficient (Wildman–Crippen LogP) is 3.04. The molecule has 1 aliphatic rings. The molecule has 1 unspecified atom stereocenters. The quantitative estimate of drug-likeness (QED) is 0.842. The maximum absolute atomic E-state index is 12.5. The molecule has 0 aromatic heterocycles. The third kappa shape index (κ3) is 4.29. The van der Waals surface area contributed by atoms with Crippen LogP contribution in [-0.4, -0.2) is 48.8 Å². The average Bonchev–Trinajstić information content (AvgIpc) is 2.68. The number of nitrogens with one attached hydrogen (secondary N) is 1. The van der Waals surface area contributed by atoms with Gasteiger partial charge in [-0.3, -0.25) is 14.5 Å². The van der Waals surface area contributed by atoms with Gasteiger partial charge in [-0.05, 0) is 50.2 Å². The lowest BCUT2D eigenvalue weighted by atomic mass is 10.1. The highest BCUT2D eigenvalue weighted by Crippen LogP contribution is 2.17. The van der Waals surface area contributed by atoms with E-state index in [4.69, 9.17) is 0 Å². The summed E-state index contributed by atoms with van der Waals surface area (Å²) in [5.74, 6) is 0.00117. The number of ketones is 1. The third-order valence-electron chi connectivity index (χ3n) is 4.92. The number of hydrogen-bond acceptors (Lipinski definition) is 4. The average molecular weight is 351 g/mol. The highest BCUT2D eigenvalue weighted by atomic mass is 16.2. The number of carbonyl (C=O) groups excluding carboxylic acids is 2. The Hall–Kier alpha value is -2.66. The van der Waals surface area contributed by atoms with Gasteiger partial charge in [0.05, 0.1) is 6.04 Å². The third-order valence-corrected chi connectivity index (χ3v) is 4.92. The number of anilines is 2. The van der Waals surface area contributed by atoms with Gasteiger partial charge in [0.25, 0.3) is 0 Å². The molecular formula is C21H25N3O2. The summed E-state index contributed by atoms with van der Waals surface area (Å²) in [7, 11) is 0. The molecule has 136 valence electrons. The van der Waals surface area contributed by atoms with E-state index < -0.39 is 0 Å². The molecule has 1 saturated heterocycles. The molecule has 2 aromatic rings. The van der Waals surface area contributed by atoms with Crippen molar-refractivity contribution in [3.8, 4) is 0 Å². The largest absolute Gasteiger partial charge is 0.369 e. The van der Waals surface area contributed by atoms with Crippen LogP contribution in [0.4, 0.5) is 11.4 Å². The number of rotatable bonds is 5. The van der Waals surface area contributed by atoms with Gasteiger partial charge in [-0.1, -0.05) is 18.2 Å². The number of para-hydroxylation sites is 1. The van der Waals surface area contributed by atoms with Crippen molar-refractivity contribution >= 4 is 23.1 Å². The smallest absolute Gasteiger partial charge is 0.241 e. The van der Waals surface area contributed by atoms with Crippen LogP contribution in [0.25, 0.3) is 0 Å². The standard InChI is InChI=1S/C21H25N3O2/c1-16(21(26)22-19-10-8-18(9-11-19)17(2)25)23-12-14-24(15-13-23)20-6-4-3-5-7-20/h3-11,16H,12-15H2,1-2H3,(H,22,26). The second-order valence-electron chi connectivity index (χ2n) is 6.66. The van der Waals surface area contributed by atoms with Gasteiger partial charge in [-0.15, -0.1) is 0 Å². The lowest BCUT2D eigenvalue weighted by Gasteiger charge is -2.38. The van der Waals surface area contributed by atoms with Crippen LogP contribution in [0.5, 0.6) is 0 Å². The minimum Gasteiger partial charge on any atom is -0.369 e. The Morgan fingerprint density at radius 1 is 0.923 bits per heavy atom. The van der Waals surface area contributed by atoms with Crippen LogP contribution in [0.1, 0.15) is 24.2 Å². The van der Waals surface area contributed by atoms with Crippen LogP contribution < -0.4 is 10.2 Å². The molecule has 0 radical (unpaired) electrons. The van der Waals surface area contributed by atoms with Crippen molar-refractivity contribution in [2.75, 3.05) is 36.4 Å². The SMILES string of the molecule is CC(=O)c1ccc(NC(=O)C(C)N2CCN(c3ccccc3)CC2)cc1. The Morgan fingerprint density at radius 2 is 1.54 bits per heavy atom. The number of nitrogens with zero attached hydrogens (tertiary/aromatic N) is 2. The zero-order valence-electron chi connectivity index (χ0n) is 15.3. The molecule has 0 bridgehead atoms. The second-order valence-corrected chi connectivity index (χ2v) is 6.66. The number of piperazine rings is 1. The molecule has 5 nitrogen and oxygen atoms in total. The molecule has 1 amide bonds. The van der Waals surface area contributed by atoms with Crippen molar-refractivity contribution in [2.45, 2.75) is 19.9 Å². The maximum atomic E-state index is 12.5. The van der Waals surface area contributed by atoms with Gasteiger partial charge in [-0.25, -0.2) is 0 Å². The van der Waals surface area contributed by atoms with Crippen molar-refractivity contribution in [3.05, 3.63) is 60.2 Å². The first kappa shape index (κ1) is 18.1. The molecule has 26 heavy (non-hydrogen) atoms. The molecule has 0 saturated carbocycles. The number of carbonyl (C=O) groups is 2. The number of hydrogen-bond donors (Lipinski definition) is 1. The Balaban J connectivity index is 1.53. The molecule has 1 atom stereocenters. The molecular weight excluding hydrogens is 326 g/mol. The van der Waals surface area contributed by atoms with Crippen molar-refractivity contribution in [1.29, 1.82) is 0 Å². The predicted molar refractivity (Wildman–Crippen MR) is 105 cm³/mol. The van der Waals surface area contributed by atoms with Gasteiger partial charge < -0.3 is 10.2 Å². The van der Waals surface area contributed by atoms with E-state index in [1.165, 1.54) is 12.6 Å². The monoisotopic (exact) mass is 351 g/mol. The topological polar surface area (TPSA) is 52.7 Å². The van der Waals surface area contributed by atoms with Gasteiger partial charge in [-0.2, -0.15) is 0 Å². The number of Topliss-reactive ketones (excluding diaryl/α,β-unsaturated/α-hetero) is 1. The lowest BCUT2D eigenvalue weighted by Crippen LogP contribution is -2.52. The second kappa shape index (κ2) is 8.15. The summed E-state index contributed by atoms with van der Waals surface area (Å²) >= 11 is 0. The summed E-state index contributed by atoms with van der Waals surface area (Å²) in [6.45, 7) is 7.01. The van der Waals surface area contributed by atoms with Crippen LogP contribution in [-0.2, 0) is 4.79 Å². The van der Waals surface area contributed by atoms with Crippen LogP contribution in [0.3, 0.4) is 0 Å². The zero-order chi connectivity index (χ0) is 18.5. The van der Waals surface area contributed by atoms with E-state index in [-0.39, 0.29) is 17.7 Å². The first-order chi connectivity index (χ1) is 12.5. The molecule has 2 aromatic carbocycles. The van der Waals surface area contributed by atoms with Gasteiger partial charge >= 0.3 is 0 Å². The van der Waals surface area contributed by atoms with Gasteiger partial charge in [0.2, 0.25) is 5.91 Å². The van der Waals surface area contributed by atoms with Crippen LogP contribution in [0.2, 0.25) is 0 Å². The van der Waals surface area contributed by atoms with Crippen molar-refractivity contribution in [3.63, 3.8) is 0 Å². The summed E-state index contributed by atoms with van der Waals surface area (Å²) in [5.41, 5.74) is 2.60. The van der Waals surface area contributed by atoms with E-state index in [1.54, 1.807) is 24.3 Å². The van der Waals surface area contributed by atoms with Crippen LogP contribution in [0.15, 0.2) is 54.6 Å². The summed E-state index contributed by atoms with van der Waals surface area (Å²) in [4.78, 5) is 28.4. The highest BCUT2D eigenvalue weighted by molar-refractivity contribution is 5.97. The van der Waals surface area contributed by atoms with Gasteiger partial charge in [0.1, 0.15) is 0 Å². The summed E-state index contributed by atoms with van der Waals surface area (Å²) < 4.78 is 0. The highest BCUT2D eigenvalue weighted by Gasteiger charge is 2.25. The molecule has 0 spiro atoms. The zero-order valence-corrected chi connectivity index (χ0v) is 15.3. The summed E-state index contributed by atoms with van der Waals surface area (Å²) in [5, 5.41) is 2.94. The molecule has 1 aliphatic heterocycles. The molecule has 1 fully saturated rings. The van der Waals surface area contributed by atoms with Crippen molar-refractivity contribution < 1.29 is 9.59 Å². The van der Waals surface area contributed by atoms with Crippen LogP contribution in [0, 0.1) is 0 Å². The van der Waals surface area contributed by atoms with E-state index in [1.807, 2.05) is 13.0 Å². The van der Waals surface area contributed by atoms with E-state index in [2.05, 4.69) is 39.4 Å². The van der Waals surface area contributed by atoms with Gasteiger partial charge in [0, 0.05) is 43.1 Å². The number of amides is 1. The first-order valence-electron chi connectivity index (χ1n) is 9.00. The van der Waals surface area contributed by atoms with E-state index in [0.29, 0.717) is 5.56 Å². The Morgan fingerprint density at radius 3 is 2.12 bits per heavy atom. The minimum absolute atomic E-state index is 0.0197. The molecule has 0 aliphatic carbocycles. The van der Waals surface area contributed by atoms with E-state index in [0.717, 1.165) is 31.9 Å². The Bertz CT molecular complexity index is 751. The fraction of sp³-hybridized carbons (Fsp3) is 0.333. The number of benzene rings is 2. The maximum Gasteiger partial charge on any atom is 0.241 e.